The molecule has 0 bridgehead atoms. The third kappa shape index (κ3) is 3.59. The summed E-state index contributed by atoms with van der Waals surface area (Å²) in [4.78, 5) is 0. The number of benzene rings is 1. The quantitative estimate of drug-likeness (QED) is 0.855. The van der Waals surface area contributed by atoms with Crippen LogP contribution in [0.2, 0.25) is 0 Å². The van der Waals surface area contributed by atoms with E-state index in [0.717, 1.165) is 15.8 Å². The van der Waals surface area contributed by atoms with Crippen LogP contribution in [-0.2, 0) is 0 Å². The first-order valence-corrected chi connectivity index (χ1v) is 8.03. The standard InChI is InChI=1S/C15H18BrNOS/c1-10(2)13-7-12(16)3-4-14(13)18-15(8-17)11-5-6-19-9-11/h3-7,9-10,15H,8,17H2,1-2H3. The molecule has 0 saturated carbocycles. The lowest BCUT2D eigenvalue weighted by Crippen LogP contribution is -2.18. The van der Waals surface area contributed by atoms with Crippen molar-refractivity contribution in [2.24, 2.45) is 5.73 Å². The molecule has 0 fully saturated rings. The zero-order valence-corrected chi connectivity index (χ0v) is 13.5. The Morgan fingerprint density at radius 1 is 1.32 bits per heavy atom. The van der Waals surface area contributed by atoms with Gasteiger partial charge in [-0.1, -0.05) is 29.8 Å². The average Bonchev–Trinajstić information content (AvgIpc) is 2.90. The Morgan fingerprint density at radius 3 is 2.68 bits per heavy atom. The lowest BCUT2D eigenvalue weighted by molar-refractivity contribution is 0.212. The number of hydrogen-bond donors (Lipinski definition) is 1. The highest BCUT2D eigenvalue weighted by atomic mass is 79.9. The fraction of sp³-hybridized carbons (Fsp3) is 0.333. The highest BCUT2D eigenvalue weighted by Crippen LogP contribution is 2.32. The van der Waals surface area contributed by atoms with Gasteiger partial charge in [-0.15, -0.1) is 0 Å². The first kappa shape index (κ1) is 14.6. The predicted octanol–water partition coefficient (Wildman–Crippen LogP) is 4.71. The summed E-state index contributed by atoms with van der Waals surface area (Å²) >= 11 is 5.17. The third-order valence-electron chi connectivity index (χ3n) is 2.99. The third-order valence-corrected chi connectivity index (χ3v) is 4.19. The molecule has 1 aromatic carbocycles. The molecule has 1 heterocycles. The number of halogens is 1. The first-order chi connectivity index (χ1) is 9.11. The number of nitrogens with two attached hydrogens (primary N) is 1. The van der Waals surface area contributed by atoms with Gasteiger partial charge in [-0.3, -0.25) is 0 Å². The van der Waals surface area contributed by atoms with E-state index in [4.69, 9.17) is 10.5 Å². The Hall–Kier alpha value is -0.840. The van der Waals surface area contributed by atoms with Crippen LogP contribution >= 0.6 is 27.3 Å². The Bertz CT molecular complexity index is 525. The molecule has 4 heteroatoms. The lowest BCUT2D eigenvalue weighted by atomic mass is 10.0. The Morgan fingerprint density at radius 2 is 2.11 bits per heavy atom. The summed E-state index contributed by atoms with van der Waals surface area (Å²) < 4.78 is 7.19. The van der Waals surface area contributed by atoms with Gasteiger partial charge in [-0.05, 0) is 46.5 Å². The monoisotopic (exact) mass is 339 g/mol. The summed E-state index contributed by atoms with van der Waals surface area (Å²) in [7, 11) is 0. The Balaban J connectivity index is 2.27. The van der Waals surface area contributed by atoms with Gasteiger partial charge in [-0.2, -0.15) is 11.3 Å². The largest absolute Gasteiger partial charge is 0.484 e. The maximum atomic E-state index is 6.12. The summed E-state index contributed by atoms with van der Waals surface area (Å²) in [5, 5.41) is 4.14. The van der Waals surface area contributed by atoms with Gasteiger partial charge in [0.15, 0.2) is 0 Å². The van der Waals surface area contributed by atoms with Crippen LogP contribution in [0.3, 0.4) is 0 Å². The summed E-state index contributed by atoms with van der Waals surface area (Å²) in [6, 6.07) is 8.19. The minimum absolute atomic E-state index is 0.0788. The van der Waals surface area contributed by atoms with Crippen LogP contribution in [0, 0.1) is 0 Å². The Labute approximate surface area is 126 Å². The number of ether oxygens (including phenoxy) is 1. The van der Waals surface area contributed by atoms with E-state index in [1.807, 2.05) is 17.5 Å². The second-order valence-corrected chi connectivity index (χ2v) is 6.43. The van der Waals surface area contributed by atoms with Crippen LogP contribution in [-0.4, -0.2) is 6.54 Å². The molecule has 0 aliphatic heterocycles. The summed E-state index contributed by atoms with van der Waals surface area (Å²) in [6.07, 6.45) is -0.0788. The van der Waals surface area contributed by atoms with Crippen molar-refractivity contribution in [2.45, 2.75) is 25.9 Å². The second-order valence-electron chi connectivity index (χ2n) is 4.74. The zero-order valence-electron chi connectivity index (χ0n) is 11.1. The molecular weight excluding hydrogens is 322 g/mol. The molecule has 1 atom stereocenters. The molecule has 0 aliphatic carbocycles. The molecule has 0 aliphatic rings. The van der Waals surface area contributed by atoms with E-state index >= 15 is 0 Å². The van der Waals surface area contributed by atoms with E-state index in [0.29, 0.717) is 12.5 Å². The van der Waals surface area contributed by atoms with Crippen molar-refractivity contribution in [1.29, 1.82) is 0 Å². The molecule has 1 unspecified atom stereocenters. The van der Waals surface area contributed by atoms with Gasteiger partial charge in [-0.25, -0.2) is 0 Å². The first-order valence-electron chi connectivity index (χ1n) is 6.30. The van der Waals surface area contributed by atoms with Gasteiger partial charge in [0.25, 0.3) is 0 Å². The van der Waals surface area contributed by atoms with Gasteiger partial charge in [0.2, 0.25) is 0 Å². The summed E-state index contributed by atoms with van der Waals surface area (Å²) in [5.74, 6) is 1.33. The van der Waals surface area contributed by atoms with Crippen LogP contribution < -0.4 is 10.5 Å². The van der Waals surface area contributed by atoms with Crippen molar-refractivity contribution in [2.75, 3.05) is 6.54 Å². The van der Waals surface area contributed by atoms with Crippen molar-refractivity contribution in [3.05, 3.63) is 50.6 Å². The minimum atomic E-state index is -0.0788. The van der Waals surface area contributed by atoms with Crippen molar-refractivity contribution in [3.63, 3.8) is 0 Å². The predicted molar refractivity (Wildman–Crippen MR) is 85.0 cm³/mol. The van der Waals surface area contributed by atoms with Crippen LogP contribution in [0.1, 0.15) is 37.0 Å². The molecule has 2 N–H and O–H groups in total. The Kier molecular flexibility index (Phi) is 5.02. The maximum Gasteiger partial charge on any atom is 0.137 e. The van der Waals surface area contributed by atoms with Gasteiger partial charge in [0.1, 0.15) is 11.9 Å². The van der Waals surface area contributed by atoms with Crippen molar-refractivity contribution in [1.82, 2.24) is 0 Å². The smallest absolute Gasteiger partial charge is 0.137 e. The van der Waals surface area contributed by atoms with E-state index < -0.39 is 0 Å². The van der Waals surface area contributed by atoms with Crippen molar-refractivity contribution in [3.8, 4) is 5.75 Å². The van der Waals surface area contributed by atoms with E-state index in [1.54, 1.807) is 11.3 Å². The molecule has 2 nitrogen and oxygen atoms in total. The summed E-state index contributed by atoms with van der Waals surface area (Å²) in [6.45, 7) is 4.80. The molecule has 0 spiro atoms. The SMILES string of the molecule is CC(C)c1cc(Br)ccc1OC(CN)c1ccsc1. The molecule has 2 rings (SSSR count). The van der Waals surface area contributed by atoms with E-state index in [-0.39, 0.29) is 6.10 Å². The van der Waals surface area contributed by atoms with Crippen molar-refractivity contribution >= 4 is 27.3 Å². The minimum Gasteiger partial charge on any atom is -0.484 e. The topological polar surface area (TPSA) is 35.2 Å². The van der Waals surface area contributed by atoms with E-state index in [2.05, 4.69) is 47.3 Å². The molecule has 0 radical (unpaired) electrons. The molecular formula is C15H18BrNOS. The summed E-state index contributed by atoms with van der Waals surface area (Å²) in [5.41, 5.74) is 8.18. The molecule has 0 saturated heterocycles. The molecule has 1 aromatic heterocycles. The fourth-order valence-electron chi connectivity index (χ4n) is 1.94. The second kappa shape index (κ2) is 6.55. The number of hydrogen-bond acceptors (Lipinski definition) is 3. The van der Waals surface area contributed by atoms with Gasteiger partial charge < -0.3 is 10.5 Å². The van der Waals surface area contributed by atoms with Crippen LogP contribution in [0.25, 0.3) is 0 Å². The lowest BCUT2D eigenvalue weighted by Gasteiger charge is -2.20. The average molecular weight is 340 g/mol. The highest BCUT2D eigenvalue weighted by molar-refractivity contribution is 9.10. The van der Waals surface area contributed by atoms with Gasteiger partial charge in [0.05, 0.1) is 0 Å². The normalized spacial score (nSPS) is 12.7. The molecule has 102 valence electrons. The highest BCUT2D eigenvalue weighted by Gasteiger charge is 2.15. The van der Waals surface area contributed by atoms with E-state index in [1.165, 1.54) is 5.56 Å². The fourth-order valence-corrected chi connectivity index (χ4v) is 3.02. The van der Waals surface area contributed by atoms with Crippen LogP contribution in [0.4, 0.5) is 0 Å². The maximum absolute atomic E-state index is 6.12. The molecule has 0 amide bonds. The van der Waals surface area contributed by atoms with E-state index in [9.17, 15) is 0 Å². The number of thiophene rings is 1. The molecule has 2 aromatic rings. The van der Waals surface area contributed by atoms with Gasteiger partial charge in [0, 0.05) is 16.6 Å². The van der Waals surface area contributed by atoms with Crippen LogP contribution in [0.5, 0.6) is 5.75 Å². The van der Waals surface area contributed by atoms with Gasteiger partial charge >= 0.3 is 0 Å². The zero-order chi connectivity index (χ0) is 13.8. The number of rotatable bonds is 5. The van der Waals surface area contributed by atoms with Crippen LogP contribution in [0.15, 0.2) is 39.5 Å². The van der Waals surface area contributed by atoms with Crippen molar-refractivity contribution < 1.29 is 4.74 Å². The molecule has 19 heavy (non-hydrogen) atoms.